The van der Waals surface area contributed by atoms with E-state index in [1.54, 1.807) is 0 Å². The second-order valence-electron chi connectivity index (χ2n) is 3.65. The highest BCUT2D eigenvalue weighted by atomic mass is 16.3. The predicted octanol–water partition coefficient (Wildman–Crippen LogP) is -1.47. The van der Waals surface area contributed by atoms with Gasteiger partial charge >= 0.3 is 0 Å². The van der Waals surface area contributed by atoms with Gasteiger partial charge in [0.1, 0.15) is 0 Å². The second-order valence-corrected chi connectivity index (χ2v) is 3.65. The molecule has 2 rings (SSSR count). The number of fused-ring (bicyclic) bond motifs is 1. The Bertz CT molecular complexity index is 264. The van der Waals surface area contributed by atoms with Crippen molar-refractivity contribution in [3.63, 3.8) is 0 Å². The molecule has 2 aliphatic rings. The molecule has 1 fully saturated rings. The Morgan fingerprint density at radius 3 is 3.00 bits per heavy atom. The number of amides is 1. The minimum Gasteiger partial charge on any atom is -0.860 e. The lowest BCUT2D eigenvalue weighted by Crippen LogP contribution is -2.55. The number of hydrogen-bond donors (Lipinski definition) is 2. The van der Waals surface area contributed by atoms with E-state index in [2.05, 4.69) is 10.5 Å². The Balaban J connectivity index is 2.27. The van der Waals surface area contributed by atoms with Gasteiger partial charge in [0.25, 0.3) is 0 Å². The van der Waals surface area contributed by atoms with Crippen LogP contribution in [0.5, 0.6) is 0 Å². The predicted molar refractivity (Wildman–Crippen MR) is 44.4 cm³/mol. The first-order chi connectivity index (χ1) is 6.20. The van der Waals surface area contributed by atoms with Crippen LogP contribution in [0.25, 0.3) is 0 Å². The fraction of sp³-hybridized carbons (Fsp3) is 0.750. The molecule has 1 aliphatic heterocycles. The van der Waals surface area contributed by atoms with Gasteiger partial charge in [-0.1, -0.05) is 6.42 Å². The summed E-state index contributed by atoms with van der Waals surface area (Å²) in [4.78, 5) is 11.3. The van der Waals surface area contributed by atoms with E-state index in [0.29, 0.717) is 0 Å². The van der Waals surface area contributed by atoms with Crippen molar-refractivity contribution in [1.29, 1.82) is 0 Å². The zero-order valence-corrected chi connectivity index (χ0v) is 7.19. The van der Waals surface area contributed by atoms with E-state index >= 15 is 0 Å². The van der Waals surface area contributed by atoms with Crippen molar-refractivity contribution in [2.24, 2.45) is 22.7 Å². The smallest absolute Gasteiger partial charge is 0.245 e. The average Bonchev–Trinajstić information content (AvgIpc) is 2.12. The Kier molecular flexibility index (Phi) is 1.95. The zero-order chi connectivity index (χ0) is 9.42. The van der Waals surface area contributed by atoms with Crippen molar-refractivity contribution in [2.45, 2.75) is 25.3 Å². The standard InChI is InChI=1S/C8H13N3O2/c9-5-3-1-2-4-6(5)8(13)11-10-7(4)12/h4-6H,1-3,9H2,(H,10,12)(H,11,13)/p-1. The number of rotatable bonds is 0. The maximum atomic E-state index is 11.3. The molecule has 0 bridgehead atoms. The molecule has 3 atom stereocenters. The van der Waals surface area contributed by atoms with Gasteiger partial charge in [-0.05, 0) is 18.7 Å². The van der Waals surface area contributed by atoms with E-state index in [-0.39, 0.29) is 29.7 Å². The zero-order valence-electron chi connectivity index (χ0n) is 7.19. The molecule has 3 unspecified atom stereocenters. The molecular formula is C8H12N3O2-. The van der Waals surface area contributed by atoms with E-state index in [0.717, 1.165) is 19.3 Å². The van der Waals surface area contributed by atoms with Crippen molar-refractivity contribution in [1.82, 2.24) is 5.43 Å². The summed E-state index contributed by atoms with van der Waals surface area (Å²) < 4.78 is 0. The van der Waals surface area contributed by atoms with Crippen LogP contribution >= 0.6 is 0 Å². The molecule has 0 aromatic carbocycles. The number of carbonyl (C=O) groups is 1. The molecule has 5 nitrogen and oxygen atoms in total. The lowest BCUT2D eigenvalue weighted by molar-refractivity contribution is -0.229. The van der Waals surface area contributed by atoms with E-state index in [4.69, 9.17) is 5.73 Å². The van der Waals surface area contributed by atoms with Crippen LogP contribution in [0.1, 0.15) is 19.3 Å². The van der Waals surface area contributed by atoms with Gasteiger partial charge in [-0.25, -0.2) is 5.43 Å². The van der Waals surface area contributed by atoms with Crippen molar-refractivity contribution in [3.05, 3.63) is 0 Å². The third-order valence-electron chi connectivity index (χ3n) is 2.84. The summed E-state index contributed by atoms with van der Waals surface area (Å²) in [6, 6.07) is -0.182. The number of hydrazone groups is 1. The van der Waals surface area contributed by atoms with E-state index in [9.17, 15) is 9.90 Å². The van der Waals surface area contributed by atoms with E-state index < -0.39 is 0 Å². The Morgan fingerprint density at radius 1 is 1.54 bits per heavy atom. The highest BCUT2D eigenvalue weighted by molar-refractivity contribution is 5.90. The van der Waals surface area contributed by atoms with Crippen LogP contribution in [0.3, 0.4) is 0 Å². The molecule has 0 spiro atoms. The Hall–Kier alpha value is -1.10. The van der Waals surface area contributed by atoms with Crippen LogP contribution in [0.4, 0.5) is 0 Å². The molecule has 0 aromatic heterocycles. The fourth-order valence-electron chi connectivity index (χ4n) is 2.15. The lowest BCUT2D eigenvalue weighted by Gasteiger charge is -2.40. The van der Waals surface area contributed by atoms with Crippen molar-refractivity contribution < 1.29 is 9.90 Å². The molecule has 1 aliphatic carbocycles. The first-order valence-electron chi connectivity index (χ1n) is 4.50. The SMILES string of the molecule is NC1CCCC2C([O-])=NNC(=O)C12. The van der Waals surface area contributed by atoms with Gasteiger partial charge in [0.15, 0.2) is 0 Å². The van der Waals surface area contributed by atoms with Crippen LogP contribution in [0, 0.1) is 11.8 Å². The summed E-state index contributed by atoms with van der Waals surface area (Å²) in [5, 5.41) is 14.7. The minimum absolute atomic E-state index is 0.182. The summed E-state index contributed by atoms with van der Waals surface area (Å²) in [5.74, 6) is -1.03. The van der Waals surface area contributed by atoms with Gasteiger partial charge in [0, 0.05) is 12.0 Å². The van der Waals surface area contributed by atoms with Gasteiger partial charge in [0.2, 0.25) is 5.91 Å². The number of nitrogens with one attached hydrogen (secondary N) is 1. The average molecular weight is 182 g/mol. The molecule has 13 heavy (non-hydrogen) atoms. The molecular weight excluding hydrogens is 170 g/mol. The van der Waals surface area contributed by atoms with Crippen LogP contribution in [0.15, 0.2) is 5.10 Å². The lowest BCUT2D eigenvalue weighted by atomic mass is 9.75. The summed E-state index contributed by atoms with van der Waals surface area (Å²) in [6.45, 7) is 0. The minimum atomic E-state index is -0.348. The molecule has 0 saturated heterocycles. The number of carbonyl (C=O) groups excluding carboxylic acids is 1. The molecule has 0 radical (unpaired) electrons. The number of nitrogens with two attached hydrogens (primary N) is 1. The largest absolute Gasteiger partial charge is 0.860 e. The van der Waals surface area contributed by atoms with Gasteiger partial charge in [-0.15, -0.1) is 0 Å². The molecule has 1 saturated carbocycles. The van der Waals surface area contributed by atoms with Gasteiger partial charge in [-0.3, -0.25) is 4.79 Å². The quantitative estimate of drug-likeness (QED) is 0.479. The van der Waals surface area contributed by atoms with E-state index in [1.165, 1.54) is 0 Å². The molecule has 0 aromatic rings. The van der Waals surface area contributed by atoms with Crippen LogP contribution in [0.2, 0.25) is 0 Å². The molecule has 72 valence electrons. The van der Waals surface area contributed by atoms with Crippen LogP contribution in [-0.4, -0.2) is 17.8 Å². The van der Waals surface area contributed by atoms with Crippen LogP contribution in [-0.2, 0) is 4.79 Å². The summed E-state index contributed by atoms with van der Waals surface area (Å²) in [6.07, 6.45) is 2.48. The van der Waals surface area contributed by atoms with Crippen molar-refractivity contribution >= 4 is 11.8 Å². The molecule has 1 heterocycles. The maximum Gasteiger partial charge on any atom is 0.245 e. The first-order valence-corrected chi connectivity index (χ1v) is 4.50. The summed E-state index contributed by atoms with van der Waals surface area (Å²) in [7, 11) is 0. The normalized spacial score (nSPS) is 39.0. The maximum absolute atomic E-state index is 11.3. The van der Waals surface area contributed by atoms with Gasteiger partial charge in [0.05, 0.1) is 5.92 Å². The fourth-order valence-corrected chi connectivity index (χ4v) is 2.15. The first kappa shape index (κ1) is 8.50. The summed E-state index contributed by atoms with van der Waals surface area (Å²) >= 11 is 0. The van der Waals surface area contributed by atoms with Gasteiger partial charge in [-0.2, -0.15) is 5.10 Å². The highest BCUT2D eigenvalue weighted by Crippen LogP contribution is 2.31. The second kappa shape index (κ2) is 2.99. The van der Waals surface area contributed by atoms with E-state index in [1.807, 2.05) is 0 Å². The Morgan fingerprint density at radius 2 is 2.31 bits per heavy atom. The molecule has 3 N–H and O–H groups in total. The van der Waals surface area contributed by atoms with Crippen molar-refractivity contribution in [2.75, 3.05) is 0 Å². The summed E-state index contributed by atoms with van der Waals surface area (Å²) in [5.41, 5.74) is 8.01. The van der Waals surface area contributed by atoms with Crippen LogP contribution < -0.4 is 16.3 Å². The number of nitrogens with zero attached hydrogens (tertiary/aromatic N) is 1. The van der Waals surface area contributed by atoms with Crippen molar-refractivity contribution in [3.8, 4) is 0 Å². The number of hydrogen-bond acceptors (Lipinski definition) is 4. The topological polar surface area (TPSA) is 90.5 Å². The van der Waals surface area contributed by atoms with Gasteiger partial charge < -0.3 is 10.8 Å². The monoisotopic (exact) mass is 182 g/mol. The Labute approximate surface area is 76.0 Å². The third-order valence-corrected chi connectivity index (χ3v) is 2.84. The molecule has 1 amide bonds. The highest BCUT2D eigenvalue weighted by Gasteiger charge is 2.38. The molecule has 5 heteroatoms. The third kappa shape index (κ3) is 1.29.